The van der Waals surface area contributed by atoms with Crippen LogP contribution in [0.5, 0.6) is 0 Å². The minimum Gasteiger partial charge on any atom is -0.345 e. The molecule has 7 heteroatoms. The zero-order valence-corrected chi connectivity index (χ0v) is 15.3. The molecule has 0 bridgehead atoms. The Bertz CT molecular complexity index is 822. The van der Waals surface area contributed by atoms with Crippen molar-refractivity contribution in [2.75, 3.05) is 5.32 Å². The highest BCUT2D eigenvalue weighted by molar-refractivity contribution is 7.09. The molecular weight excluding hydrogens is 320 g/mol. The molecule has 0 radical (unpaired) electrons. The normalized spacial score (nSPS) is 12.3. The second kappa shape index (κ2) is 7.09. The van der Waals surface area contributed by atoms with Gasteiger partial charge in [0.05, 0.1) is 17.4 Å². The Morgan fingerprint density at radius 1 is 1.29 bits per heavy atom. The van der Waals surface area contributed by atoms with Crippen molar-refractivity contribution >= 4 is 17.3 Å². The first-order valence-electron chi connectivity index (χ1n) is 8.13. The summed E-state index contributed by atoms with van der Waals surface area (Å²) in [7, 11) is 0. The van der Waals surface area contributed by atoms with Crippen LogP contribution in [0.2, 0.25) is 0 Å². The Balaban J connectivity index is 1.81. The molecule has 0 spiro atoms. The molecule has 1 N–H and O–H groups in total. The first kappa shape index (κ1) is 16.6. The molecule has 3 aromatic rings. The molecule has 6 nitrogen and oxygen atoms in total. The lowest BCUT2D eigenvalue weighted by Crippen LogP contribution is -2.09. The van der Waals surface area contributed by atoms with E-state index in [-0.39, 0.29) is 6.04 Å². The molecule has 3 rings (SSSR count). The van der Waals surface area contributed by atoms with Gasteiger partial charge in [0.2, 0.25) is 5.95 Å². The highest BCUT2D eigenvalue weighted by Gasteiger charge is 2.13. The van der Waals surface area contributed by atoms with E-state index in [0.717, 1.165) is 40.6 Å². The first-order valence-corrected chi connectivity index (χ1v) is 9.00. The SMILES string of the molecule is CCCn1cc(-c2ccnc(NC(C)c3nc(C)cs3)n2)c(C)n1. The summed E-state index contributed by atoms with van der Waals surface area (Å²) in [4.78, 5) is 13.5. The number of rotatable bonds is 6. The Morgan fingerprint density at radius 3 is 2.83 bits per heavy atom. The second-order valence-corrected chi connectivity index (χ2v) is 6.74. The lowest BCUT2D eigenvalue weighted by atomic mass is 10.2. The maximum absolute atomic E-state index is 4.65. The Kier molecular flexibility index (Phi) is 4.89. The number of anilines is 1. The van der Waals surface area contributed by atoms with Gasteiger partial charge in [0.15, 0.2) is 0 Å². The number of nitrogens with zero attached hydrogens (tertiary/aromatic N) is 5. The van der Waals surface area contributed by atoms with Gasteiger partial charge in [-0.05, 0) is 33.3 Å². The Hall–Kier alpha value is -2.28. The van der Waals surface area contributed by atoms with Crippen molar-refractivity contribution < 1.29 is 0 Å². The van der Waals surface area contributed by atoms with Gasteiger partial charge >= 0.3 is 0 Å². The molecule has 0 fully saturated rings. The zero-order chi connectivity index (χ0) is 17.1. The smallest absolute Gasteiger partial charge is 0.223 e. The maximum Gasteiger partial charge on any atom is 0.223 e. The fraction of sp³-hybridized carbons (Fsp3) is 0.412. The van der Waals surface area contributed by atoms with Crippen molar-refractivity contribution in [3.8, 4) is 11.3 Å². The van der Waals surface area contributed by atoms with Gasteiger partial charge in [-0.25, -0.2) is 15.0 Å². The fourth-order valence-corrected chi connectivity index (χ4v) is 3.32. The number of aryl methyl sites for hydroxylation is 3. The highest BCUT2D eigenvalue weighted by Crippen LogP contribution is 2.24. The maximum atomic E-state index is 4.65. The lowest BCUT2D eigenvalue weighted by molar-refractivity contribution is 0.598. The minimum absolute atomic E-state index is 0.0721. The number of nitrogens with one attached hydrogen (secondary N) is 1. The van der Waals surface area contributed by atoms with E-state index in [1.807, 2.05) is 24.6 Å². The number of hydrogen-bond donors (Lipinski definition) is 1. The molecule has 24 heavy (non-hydrogen) atoms. The second-order valence-electron chi connectivity index (χ2n) is 5.85. The standard InChI is InChI=1S/C17H22N6S/c1-5-8-23-9-14(12(3)22-23)15-6-7-18-17(21-15)20-13(4)16-19-11(2)10-24-16/h6-7,9-10,13H,5,8H2,1-4H3,(H,18,20,21). The third-order valence-corrected chi connectivity index (χ3v) is 4.83. The average molecular weight is 342 g/mol. The van der Waals surface area contributed by atoms with Gasteiger partial charge in [-0.3, -0.25) is 4.68 Å². The molecule has 1 unspecified atom stereocenters. The van der Waals surface area contributed by atoms with Crippen molar-refractivity contribution in [2.45, 2.75) is 46.7 Å². The largest absolute Gasteiger partial charge is 0.345 e. The molecule has 0 saturated carbocycles. The third-order valence-electron chi connectivity index (χ3n) is 3.68. The molecule has 126 valence electrons. The molecule has 0 saturated heterocycles. The molecule has 0 amide bonds. The summed E-state index contributed by atoms with van der Waals surface area (Å²) < 4.78 is 1.97. The Morgan fingerprint density at radius 2 is 2.12 bits per heavy atom. The van der Waals surface area contributed by atoms with Crippen molar-refractivity contribution in [1.82, 2.24) is 24.7 Å². The van der Waals surface area contributed by atoms with Crippen LogP contribution in [-0.2, 0) is 6.54 Å². The van der Waals surface area contributed by atoms with Gasteiger partial charge in [0.25, 0.3) is 0 Å². The van der Waals surface area contributed by atoms with E-state index in [0.29, 0.717) is 5.95 Å². The summed E-state index contributed by atoms with van der Waals surface area (Å²) in [5.41, 5.74) is 3.95. The van der Waals surface area contributed by atoms with Crippen molar-refractivity contribution in [2.24, 2.45) is 0 Å². The van der Waals surface area contributed by atoms with Gasteiger partial charge in [0, 0.05) is 35.6 Å². The molecule has 0 aliphatic rings. The monoisotopic (exact) mass is 342 g/mol. The highest BCUT2D eigenvalue weighted by atomic mass is 32.1. The van der Waals surface area contributed by atoms with Gasteiger partial charge in [-0.2, -0.15) is 5.10 Å². The summed E-state index contributed by atoms with van der Waals surface area (Å²) in [6.45, 7) is 9.14. The minimum atomic E-state index is 0.0721. The molecule has 0 aromatic carbocycles. The number of hydrogen-bond acceptors (Lipinski definition) is 6. The van der Waals surface area contributed by atoms with Crippen LogP contribution in [0.4, 0.5) is 5.95 Å². The lowest BCUT2D eigenvalue weighted by Gasteiger charge is -2.11. The van der Waals surface area contributed by atoms with Crippen LogP contribution in [-0.4, -0.2) is 24.7 Å². The predicted molar refractivity (Wildman–Crippen MR) is 97.2 cm³/mol. The van der Waals surface area contributed by atoms with Crippen LogP contribution in [0, 0.1) is 13.8 Å². The molecule has 0 aliphatic carbocycles. The van der Waals surface area contributed by atoms with Crippen LogP contribution in [0.25, 0.3) is 11.3 Å². The van der Waals surface area contributed by atoms with Crippen LogP contribution in [0.1, 0.15) is 42.7 Å². The van der Waals surface area contributed by atoms with E-state index in [1.165, 1.54) is 0 Å². The number of aromatic nitrogens is 5. The summed E-state index contributed by atoms with van der Waals surface area (Å²) in [6, 6.07) is 1.99. The molecular formula is C17H22N6S. The predicted octanol–water partition coefficient (Wildman–Crippen LogP) is 4.00. The molecule has 1 atom stereocenters. The van der Waals surface area contributed by atoms with Gasteiger partial charge in [0.1, 0.15) is 5.01 Å². The van der Waals surface area contributed by atoms with Crippen molar-refractivity contribution in [3.05, 3.63) is 40.2 Å². The molecule has 3 aromatic heterocycles. The van der Waals surface area contributed by atoms with Crippen LogP contribution < -0.4 is 5.32 Å². The summed E-state index contributed by atoms with van der Waals surface area (Å²) in [5, 5.41) is 11.0. The van der Waals surface area contributed by atoms with Gasteiger partial charge in [-0.15, -0.1) is 11.3 Å². The third kappa shape index (κ3) is 3.62. The van der Waals surface area contributed by atoms with Gasteiger partial charge < -0.3 is 5.32 Å². The average Bonchev–Trinajstić information content (AvgIpc) is 3.14. The van der Waals surface area contributed by atoms with E-state index in [2.05, 4.69) is 50.8 Å². The molecule has 3 heterocycles. The molecule has 0 aliphatic heterocycles. The van der Waals surface area contributed by atoms with Gasteiger partial charge in [-0.1, -0.05) is 6.92 Å². The topological polar surface area (TPSA) is 68.5 Å². The van der Waals surface area contributed by atoms with Crippen molar-refractivity contribution in [1.29, 1.82) is 0 Å². The summed E-state index contributed by atoms with van der Waals surface area (Å²) in [5.74, 6) is 0.607. The quantitative estimate of drug-likeness (QED) is 0.733. The summed E-state index contributed by atoms with van der Waals surface area (Å²) in [6.07, 6.45) is 4.89. The van der Waals surface area contributed by atoms with Crippen LogP contribution in [0.3, 0.4) is 0 Å². The zero-order valence-electron chi connectivity index (χ0n) is 14.4. The van der Waals surface area contributed by atoms with E-state index < -0.39 is 0 Å². The van der Waals surface area contributed by atoms with E-state index >= 15 is 0 Å². The van der Waals surface area contributed by atoms with E-state index in [1.54, 1.807) is 17.5 Å². The fourth-order valence-electron chi connectivity index (χ4n) is 2.52. The van der Waals surface area contributed by atoms with E-state index in [9.17, 15) is 0 Å². The Labute approximate surface area is 146 Å². The van der Waals surface area contributed by atoms with Crippen LogP contribution >= 0.6 is 11.3 Å². The van der Waals surface area contributed by atoms with E-state index in [4.69, 9.17) is 0 Å². The first-order chi connectivity index (χ1) is 11.6. The van der Waals surface area contributed by atoms with Crippen molar-refractivity contribution in [3.63, 3.8) is 0 Å². The van der Waals surface area contributed by atoms with Crippen LogP contribution in [0.15, 0.2) is 23.8 Å². The number of thiazole rings is 1. The summed E-state index contributed by atoms with van der Waals surface area (Å²) >= 11 is 1.65.